The highest BCUT2D eigenvalue weighted by Crippen LogP contribution is 2.14. The molecule has 7 nitrogen and oxygen atoms in total. The molecule has 2 aromatic rings. The van der Waals surface area contributed by atoms with E-state index in [0.29, 0.717) is 44.8 Å². The minimum atomic E-state index is -0.349. The lowest BCUT2D eigenvalue weighted by atomic mass is 10.1. The molecule has 156 valence electrons. The lowest BCUT2D eigenvalue weighted by molar-refractivity contribution is -0.134. The molecule has 0 radical (unpaired) electrons. The third kappa shape index (κ3) is 5.56. The second kappa shape index (κ2) is 9.54. The van der Waals surface area contributed by atoms with Gasteiger partial charge in [0.1, 0.15) is 11.6 Å². The van der Waals surface area contributed by atoms with Crippen LogP contribution in [-0.2, 0) is 16.0 Å². The Bertz CT molecular complexity index is 850. The lowest BCUT2D eigenvalue weighted by Gasteiger charge is -2.22. The van der Waals surface area contributed by atoms with Crippen molar-refractivity contribution in [3.8, 4) is 5.75 Å². The van der Waals surface area contributed by atoms with E-state index >= 15 is 0 Å². The summed E-state index contributed by atoms with van der Waals surface area (Å²) in [5, 5.41) is 7.20. The van der Waals surface area contributed by atoms with Gasteiger partial charge in [-0.3, -0.25) is 14.7 Å². The van der Waals surface area contributed by atoms with Crippen LogP contribution in [0.3, 0.4) is 0 Å². The fourth-order valence-electron chi connectivity index (χ4n) is 3.35. The molecule has 0 unspecified atom stereocenters. The number of nitrogens with zero attached hydrogens (tertiary/aromatic N) is 3. The first-order chi connectivity index (χ1) is 13.9. The van der Waals surface area contributed by atoms with Crippen LogP contribution in [0, 0.1) is 19.7 Å². The van der Waals surface area contributed by atoms with Crippen molar-refractivity contribution in [3.05, 3.63) is 47.0 Å². The van der Waals surface area contributed by atoms with Crippen molar-refractivity contribution >= 4 is 11.8 Å². The van der Waals surface area contributed by atoms with Gasteiger partial charge < -0.3 is 14.5 Å². The fourth-order valence-corrected chi connectivity index (χ4v) is 3.35. The number of aromatic nitrogens is 2. The second-order valence-corrected chi connectivity index (χ2v) is 7.28. The van der Waals surface area contributed by atoms with Crippen LogP contribution in [0.5, 0.6) is 5.75 Å². The summed E-state index contributed by atoms with van der Waals surface area (Å²) in [5.74, 6) is 0.0574. The first-order valence-electron chi connectivity index (χ1n) is 9.88. The zero-order chi connectivity index (χ0) is 20.8. The number of halogens is 1. The standard InChI is InChI=1S/C21H27FN4O3/c1-15-16(2)23-24-19(15)8-9-20(27)25-10-3-11-26(13-12-25)21(28)14-29-18-6-4-17(22)5-7-18/h4-7H,3,8-14H2,1-2H3,(H,23,24). The molecule has 0 aliphatic carbocycles. The van der Waals surface area contributed by atoms with Crippen molar-refractivity contribution in [3.63, 3.8) is 0 Å². The van der Waals surface area contributed by atoms with E-state index in [1.807, 2.05) is 18.7 Å². The number of amides is 2. The highest BCUT2D eigenvalue weighted by Gasteiger charge is 2.22. The molecule has 0 spiro atoms. The zero-order valence-corrected chi connectivity index (χ0v) is 16.9. The Morgan fingerprint density at radius 2 is 1.72 bits per heavy atom. The minimum Gasteiger partial charge on any atom is -0.484 e. The van der Waals surface area contributed by atoms with E-state index in [0.717, 1.165) is 23.4 Å². The predicted molar refractivity (Wildman–Crippen MR) is 106 cm³/mol. The van der Waals surface area contributed by atoms with Crippen LogP contribution in [-0.4, -0.2) is 64.6 Å². The highest BCUT2D eigenvalue weighted by atomic mass is 19.1. The summed E-state index contributed by atoms with van der Waals surface area (Å²) in [4.78, 5) is 28.6. The van der Waals surface area contributed by atoms with Gasteiger partial charge in [0.25, 0.3) is 5.91 Å². The van der Waals surface area contributed by atoms with Crippen LogP contribution in [0.4, 0.5) is 4.39 Å². The summed E-state index contributed by atoms with van der Waals surface area (Å²) in [6.45, 7) is 6.10. The van der Waals surface area contributed by atoms with Gasteiger partial charge >= 0.3 is 0 Å². The molecule has 8 heteroatoms. The molecule has 29 heavy (non-hydrogen) atoms. The summed E-state index contributed by atoms with van der Waals surface area (Å²) >= 11 is 0. The number of aryl methyl sites for hydroxylation is 2. The number of carbonyl (C=O) groups is 2. The molecular weight excluding hydrogens is 375 g/mol. The lowest BCUT2D eigenvalue weighted by Crippen LogP contribution is -2.39. The number of hydrogen-bond acceptors (Lipinski definition) is 4. The van der Waals surface area contributed by atoms with E-state index in [-0.39, 0.29) is 24.2 Å². The van der Waals surface area contributed by atoms with Crippen LogP contribution in [0.1, 0.15) is 29.8 Å². The van der Waals surface area contributed by atoms with Crippen molar-refractivity contribution < 1.29 is 18.7 Å². The number of benzene rings is 1. The summed E-state index contributed by atoms with van der Waals surface area (Å²) in [5.41, 5.74) is 3.06. The second-order valence-electron chi connectivity index (χ2n) is 7.28. The molecule has 2 amide bonds. The molecule has 1 aromatic heterocycles. The van der Waals surface area contributed by atoms with Gasteiger partial charge in [0.2, 0.25) is 5.91 Å². The largest absolute Gasteiger partial charge is 0.484 e. The van der Waals surface area contributed by atoms with E-state index in [1.165, 1.54) is 24.3 Å². The van der Waals surface area contributed by atoms with Crippen molar-refractivity contribution in [1.29, 1.82) is 0 Å². The summed E-state index contributed by atoms with van der Waals surface area (Å²) in [6, 6.07) is 5.57. The maximum Gasteiger partial charge on any atom is 0.260 e. The summed E-state index contributed by atoms with van der Waals surface area (Å²) in [7, 11) is 0. The Hall–Kier alpha value is -2.90. The average Bonchev–Trinajstić information content (AvgIpc) is 2.91. The predicted octanol–water partition coefficient (Wildman–Crippen LogP) is 2.24. The molecule has 0 atom stereocenters. The van der Waals surface area contributed by atoms with Gasteiger partial charge in [-0.1, -0.05) is 0 Å². The van der Waals surface area contributed by atoms with Gasteiger partial charge in [-0.15, -0.1) is 0 Å². The summed E-state index contributed by atoms with van der Waals surface area (Å²) < 4.78 is 18.4. The van der Waals surface area contributed by atoms with Crippen LogP contribution >= 0.6 is 0 Å². The van der Waals surface area contributed by atoms with Crippen molar-refractivity contribution in [1.82, 2.24) is 20.0 Å². The molecule has 0 saturated carbocycles. The number of aromatic amines is 1. The number of rotatable bonds is 6. The van der Waals surface area contributed by atoms with Crippen molar-refractivity contribution in [2.24, 2.45) is 0 Å². The van der Waals surface area contributed by atoms with Crippen molar-refractivity contribution in [2.75, 3.05) is 32.8 Å². The molecule has 1 saturated heterocycles. The van der Waals surface area contributed by atoms with Gasteiger partial charge in [-0.25, -0.2) is 4.39 Å². The van der Waals surface area contributed by atoms with Gasteiger partial charge in [-0.05, 0) is 50.1 Å². The van der Waals surface area contributed by atoms with Gasteiger partial charge in [0, 0.05) is 44.7 Å². The Labute approximate surface area is 169 Å². The Kier molecular flexibility index (Phi) is 6.85. The van der Waals surface area contributed by atoms with E-state index < -0.39 is 0 Å². The number of H-pyrrole nitrogens is 1. The normalized spacial score (nSPS) is 14.6. The van der Waals surface area contributed by atoms with Crippen LogP contribution < -0.4 is 4.74 Å². The highest BCUT2D eigenvalue weighted by molar-refractivity contribution is 5.79. The first kappa shape index (κ1) is 20.8. The monoisotopic (exact) mass is 402 g/mol. The molecule has 1 fully saturated rings. The number of ether oxygens (including phenoxy) is 1. The smallest absolute Gasteiger partial charge is 0.260 e. The maximum atomic E-state index is 12.9. The van der Waals surface area contributed by atoms with Gasteiger partial charge in [0.15, 0.2) is 6.61 Å². The molecule has 3 rings (SSSR count). The fraction of sp³-hybridized carbons (Fsp3) is 0.476. The Morgan fingerprint density at radius 1 is 1.07 bits per heavy atom. The Morgan fingerprint density at radius 3 is 2.34 bits per heavy atom. The summed E-state index contributed by atoms with van der Waals surface area (Å²) in [6.07, 6.45) is 1.75. The van der Waals surface area contributed by atoms with Gasteiger partial charge in [-0.2, -0.15) is 5.10 Å². The minimum absolute atomic E-state index is 0.0851. The van der Waals surface area contributed by atoms with Crippen LogP contribution in [0.25, 0.3) is 0 Å². The number of nitrogens with one attached hydrogen (secondary N) is 1. The van der Waals surface area contributed by atoms with E-state index in [1.54, 1.807) is 4.90 Å². The van der Waals surface area contributed by atoms with Gasteiger partial charge in [0.05, 0.1) is 5.69 Å². The quantitative estimate of drug-likeness (QED) is 0.804. The third-order valence-corrected chi connectivity index (χ3v) is 5.31. The maximum absolute atomic E-state index is 12.9. The molecular formula is C21H27FN4O3. The van der Waals surface area contributed by atoms with Crippen LogP contribution in [0.15, 0.2) is 24.3 Å². The molecule has 1 aliphatic rings. The Balaban J connectivity index is 1.45. The van der Waals surface area contributed by atoms with E-state index in [9.17, 15) is 14.0 Å². The first-order valence-corrected chi connectivity index (χ1v) is 9.88. The van der Waals surface area contributed by atoms with E-state index in [4.69, 9.17) is 4.74 Å². The molecule has 1 N–H and O–H groups in total. The van der Waals surface area contributed by atoms with Crippen molar-refractivity contribution in [2.45, 2.75) is 33.1 Å². The number of hydrogen-bond donors (Lipinski definition) is 1. The molecule has 1 aromatic carbocycles. The molecule has 0 bridgehead atoms. The molecule has 2 heterocycles. The molecule has 1 aliphatic heterocycles. The van der Waals surface area contributed by atoms with Crippen LogP contribution in [0.2, 0.25) is 0 Å². The number of carbonyl (C=O) groups excluding carboxylic acids is 2. The third-order valence-electron chi connectivity index (χ3n) is 5.31. The SMILES string of the molecule is Cc1[nH]nc(CCC(=O)N2CCCN(C(=O)COc3ccc(F)cc3)CC2)c1C. The zero-order valence-electron chi connectivity index (χ0n) is 16.9. The average molecular weight is 402 g/mol. The topological polar surface area (TPSA) is 78.5 Å². The van der Waals surface area contributed by atoms with E-state index in [2.05, 4.69) is 10.2 Å².